The van der Waals surface area contributed by atoms with E-state index in [2.05, 4.69) is 15.3 Å². The minimum atomic E-state index is -1.08. The summed E-state index contributed by atoms with van der Waals surface area (Å²) in [6, 6.07) is 0. The third-order valence-corrected chi connectivity index (χ3v) is 2.54. The van der Waals surface area contributed by atoms with Crippen LogP contribution in [0.15, 0.2) is 6.20 Å². The number of nitrogens with one attached hydrogen (secondary N) is 1. The van der Waals surface area contributed by atoms with Gasteiger partial charge in [0.2, 0.25) is 5.13 Å². The van der Waals surface area contributed by atoms with Gasteiger partial charge in [0.05, 0.1) is 12.8 Å². The van der Waals surface area contributed by atoms with E-state index in [0.29, 0.717) is 0 Å². The second kappa shape index (κ2) is 6.69. The summed E-state index contributed by atoms with van der Waals surface area (Å²) in [7, 11) is 0. The summed E-state index contributed by atoms with van der Waals surface area (Å²) in [5.41, 5.74) is 2.22. The maximum Gasteiger partial charge on any atom is 0.533 e. The third kappa shape index (κ3) is 4.68. The Kier molecular flexibility index (Phi) is 5.21. The molecule has 94 valence electrons. The molecule has 0 spiro atoms. The number of anilines is 1. The molecule has 0 aliphatic heterocycles. The van der Waals surface area contributed by atoms with Crippen LogP contribution in [0.2, 0.25) is 0 Å². The van der Waals surface area contributed by atoms with Gasteiger partial charge in [0.1, 0.15) is 4.88 Å². The number of carboxylic acid groups (broad SMARTS) is 1. The fraction of sp³-hybridized carbons (Fsp3) is 0.444. The molecule has 0 saturated heterocycles. The molecule has 0 amide bonds. The minimum absolute atomic E-state index is 0.0513. The van der Waals surface area contributed by atoms with Gasteiger partial charge in [0, 0.05) is 0 Å². The van der Waals surface area contributed by atoms with E-state index < -0.39 is 12.1 Å². The van der Waals surface area contributed by atoms with E-state index in [9.17, 15) is 9.59 Å². The van der Waals surface area contributed by atoms with Crippen LogP contribution in [0.4, 0.5) is 9.93 Å². The van der Waals surface area contributed by atoms with E-state index in [1.54, 1.807) is 0 Å². The summed E-state index contributed by atoms with van der Waals surface area (Å²) in [4.78, 5) is 29.8. The molecule has 0 atom stereocenters. The molecule has 0 aliphatic rings. The second-order valence-corrected chi connectivity index (χ2v) is 4.02. The Morgan fingerprint density at radius 1 is 1.59 bits per heavy atom. The Morgan fingerprint density at radius 2 is 2.35 bits per heavy atom. The molecule has 2 N–H and O–H groups in total. The second-order valence-electron chi connectivity index (χ2n) is 2.99. The highest BCUT2D eigenvalue weighted by Crippen LogP contribution is 2.17. The van der Waals surface area contributed by atoms with Crippen LogP contribution in [-0.2, 0) is 9.57 Å². The normalized spacial score (nSPS) is 9.71. The van der Waals surface area contributed by atoms with Gasteiger partial charge in [-0.15, -0.1) is 0 Å². The van der Waals surface area contributed by atoms with Crippen molar-refractivity contribution in [1.82, 2.24) is 4.98 Å². The van der Waals surface area contributed by atoms with Crippen molar-refractivity contribution < 1.29 is 24.3 Å². The van der Waals surface area contributed by atoms with Gasteiger partial charge in [-0.25, -0.2) is 14.6 Å². The van der Waals surface area contributed by atoms with E-state index in [-0.39, 0.29) is 16.6 Å². The van der Waals surface area contributed by atoms with E-state index >= 15 is 0 Å². The Hall–Kier alpha value is -1.83. The van der Waals surface area contributed by atoms with Crippen molar-refractivity contribution in [2.45, 2.75) is 19.8 Å². The van der Waals surface area contributed by atoms with Crippen LogP contribution in [0, 0.1) is 0 Å². The number of aromatic nitrogens is 1. The average molecular weight is 260 g/mol. The largest absolute Gasteiger partial charge is 0.533 e. The smallest absolute Gasteiger partial charge is 0.477 e. The van der Waals surface area contributed by atoms with E-state index in [1.165, 1.54) is 6.20 Å². The summed E-state index contributed by atoms with van der Waals surface area (Å²) < 4.78 is 4.70. The molecule has 1 aromatic rings. The van der Waals surface area contributed by atoms with Crippen LogP contribution < -0.4 is 5.48 Å². The number of hydrogen-bond acceptors (Lipinski definition) is 7. The molecule has 0 aliphatic carbocycles. The van der Waals surface area contributed by atoms with Gasteiger partial charge in [0.15, 0.2) is 0 Å². The van der Waals surface area contributed by atoms with Crippen molar-refractivity contribution in [2.24, 2.45) is 0 Å². The number of unbranched alkanes of at least 4 members (excludes halogenated alkanes) is 1. The van der Waals surface area contributed by atoms with Crippen LogP contribution >= 0.6 is 11.3 Å². The zero-order chi connectivity index (χ0) is 12.7. The molecular weight excluding hydrogens is 248 g/mol. The SMILES string of the molecule is CCCCOC(=O)ONc1ncc(C(=O)O)s1. The number of thiazole rings is 1. The van der Waals surface area contributed by atoms with Gasteiger partial charge in [-0.05, 0) is 6.42 Å². The van der Waals surface area contributed by atoms with Crippen molar-refractivity contribution in [2.75, 3.05) is 12.1 Å². The number of carbonyl (C=O) groups is 2. The topological polar surface area (TPSA) is 97.8 Å². The molecule has 0 unspecified atom stereocenters. The predicted octanol–water partition coefficient (Wildman–Crippen LogP) is 2.12. The maximum absolute atomic E-state index is 11.0. The molecule has 0 radical (unpaired) electrons. The molecule has 0 saturated carbocycles. The predicted molar refractivity (Wildman–Crippen MR) is 60.0 cm³/mol. The Morgan fingerprint density at radius 3 is 2.94 bits per heavy atom. The minimum Gasteiger partial charge on any atom is -0.477 e. The molecule has 1 rings (SSSR count). The van der Waals surface area contributed by atoms with Crippen molar-refractivity contribution in [3.05, 3.63) is 11.1 Å². The van der Waals surface area contributed by atoms with E-state index in [4.69, 9.17) is 9.84 Å². The quantitative estimate of drug-likeness (QED) is 0.459. The summed E-state index contributed by atoms with van der Waals surface area (Å²) in [5.74, 6) is -1.08. The zero-order valence-corrected chi connectivity index (χ0v) is 9.95. The summed E-state index contributed by atoms with van der Waals surface area (Å²) >= 11 is 0.857. The van der Waals surface area contributed by atoms with Crippen molar-refractivity contribution in [3.63, 3.8) is 0 Å². The van der Waals surface area contributed by atoms with Crippen LogP contribution in [0.5, 0.6) is 0 Å². The lowest BCUT2D eigenvalue weighted by Crippen LogP contribution is -2.12. The zero-order valence-electron chi connectivity index (χ0n) is 9.13. The fourth-order valence-corrected chi connectivity index (χ4v) is 1.42. The first-order valence-corrected chi connectivity index (χ1v) is 5.74. The molecule has 8 heteroatoms. The van der Waals surface area contributed by atoms with Crippen molar-refractivity contribution in [1.29, 1.82) is 0 Å². The van der Waals surface area contributed by atoms with Gasteiger partial charge in [-0.1, -0.05) is 24.7 Å². The molecule has 0 aromatic carbocycles. The lowest BCUT2D eigenvalue weighted by atomic mass is 10.4. The van der Waals surface area contributed by atoms with Crippen LogP contribution in [0.25, 0.3) is 0 Å². The maximum atomic E-state index is 11.0. The summed E-state index contributed by atoms with van der Waals surface area (Å²) in [6.07, 6.45) is 1.97. The molecule has 1 heterocycles. The van der Waals surface area contributed by atoms with Crippen LogP contribution in [0.1, 0.15) is 29.4 Å². The third-order valence-electron chi connectivity index (χ3n) is 1.66. The Balaban J connectivity index is 2.29. The van der Waals surface area contributed by atoms with E-state index in [1.807, 2.05) is 6.92 Å². The highest BCUT2D eigenvalue weighted by Gasteiger charge is 2.10. The number of nitrogens with zero attached hydrogens (tertiary/aromatic N) is 1. The average Bonchev–Trinajstić information content (AvgIpc) is 2.75. The van der Waals surface area contributed by atoms with Gasteiger partial charge in [-0.2, -0.15) is 5.48 Å². The lowest BCUT2D eigenvalue weighted by molar-refractivity contribution is 0.0695. The first-order chi connectivity index (χ1) is 8.13. The van der Waals surface area contributed by atoms with Gasteiger partial charge in [0.25, 0.3) is 0 Å². The monoisotopic (exact) mass is 260 g/mol. The Labute approximate surface area is 101 Å². The number of ether oxygens (including phenoxy) is 1. The standard InChI is InChI=1S/C9H12N2O5S/c1-2-3-4-15-9(14)16-11-8-10-5-6(17-8)7(12)13/h5H,2-4H2,1H3,(H,10,11)(H,12,13). The highest BCUT2D eigenvalue weighted by molar-refractivity contribution is 7.17. The summed E-state index contributed by atoms with van der Waals surface area (Å²) in [6.45, 7) is 2.26. The first kappa shape index (κ1) is 13.2. The fourth-order valence-electron chi connectivity index (χ4n) is 0.835. The van der Waals surface area contributed by atoms with Crippen LogP contribution in [-0.4, -0.2) is 28.8 Å². The van der Waals surface area contributed by atoms with Gasteiger partial charge < -0.3 is 14.7 Å². The number of hydrogen-bond donors (Lipinski definition) is 2. The lowest BCUT2D eigenvalue weighted by Gasteiger charge is -2.04. The van der Waals surface area contributed by atoms with Gasteiger partial charge in [-0.3, -0.25) is 0 Å². The molecule has 0 bridgehead atoms. The molecule has 17 heavy (non-hydrogen) atoms. The van der Waals surface area contributed by atoms with E-state index in [0.717, 1.165) is 24.2 Å². The summed E-state index contributed by atoms with van der Waals surface area (Å²) in [5, 5.41) is 8.80. The Bertz CT molecular complexity index is 392. The number of carboxylic acids is 1. The van der Waals surface area contributed by atoms with Crippen molar-refractivity contribution in [3.8, 4) is 0 Å². The molecular formula is C9H12N2O5S. The van der Waals surface area contributed by atoms with Gasteiger partial charge >= 0.3 is 12.1 Å². The molecule has 0 fully saturated rings. The molecule has 1 aromatic heterocycles. The molecule has 7 nitrogen and oxygen atoms in total. The number of aromatic carboxylic acids is 1. The van der Waals surface area contributed by atoms with Crippen molar-refractivity contribution >= 4 is 28.6 Å². The van der Waals surface area contributed by atoms with Crippen LogP contribution in [0.3, 0.4) is 0 Å². The first-order valence-electron chi connectivity index (χ1n) is 4.92. The number of carbonyl (C=O) groups excluding carboxylic acids is 1. The highest BCUT2D eigenvalue weighted by atomic mass is 32.1. The number of rotatable bonds is 6.